The molecule has 0 radical (unpaired) electrons. The van der Waals surface area contributed by atoms with E-state index in [1.807, 2.05) is 5.32 Å². The van der Waals surface area contributed by atoms with Crippen molar-refractivity contribution in [2.45, 2.75) is 18.1 Å². The fourth-order valence-electron chi connectivity index (χ4n) is 1.15. The molecule has 0 aromatic carbocycles. The molecule has 0 spiro atoms. The highest BCUT2D eigenvalue weighted by Crippen LogP contribution is 2.47. The molecule has 1 nitrogen and oxygen atoms in total. The molecule has 0 saturated heterocycles. The minimum Gasteiger partial charge on any atom is -0.307 e. The average Bonchev–Trinajstić information content (AvgIpc) is 2.51. The fraction of sp³-hybridized carbons (Fsp3) is 0.500. The van der Waals surface area contributed by atoms with Crippen LogP contribution in [0, 0.1) is 0 Å². The maximum atomic E-state index is 13.1. The van der Waals surface area contributed by atoms with Crippen LogP contribution in [0.25, 0.3) is 0 Å². The lowest BCUT2D eigenvalue weighted by Gasteiger charge is -2.27. The Balaban J connectivity index is 3.14. The first-order valence-corrected chi connectivity index (χ1v) is 5.73. The zero-order valence-corrected chi connectivity index (χ0v) is 10.3. The van der Waals surface area contributed by atoms with E-state index < -0.39 is 18.1 Å². The van der Waals surface area contributed by atoms with E-state index in [1.54, 1.807) is 0 Å². The third-order valence-electron chi connectivity index (χ3n) is 1.94. The molecule has 0 bridgehead atoms. The van der Waals surface area contributed by atoms with Gasteiger partial charge in [0.2, 0.25) is 0 Å². The number of halogens is 6. The summed E-state index contributed by atoms with van der Waals surface area (Å²) in [5.41, 5.74) is 0. The summed E-state index contributed by atoms with van der Waals surface area (Å²) >= 11 is 3.77. The van der Waals surface area contributed by atoms with Gasteiger partial charge in [0.1, 0.15) is 6.04 Å². The number of rotatable bonds is 3. The van der Waals surface area contributed by atoms with Crippen LogP contribution in [0.15, 0.2) is 15.9 Å². The van der Waals surface area contributed by atoms with Crippen LogP contribution < -0.4 is 5.32 Å². The summed E-state index contributed by atoms with van der Waals surface area (Å²) in [5, 5.41) is 3.44. The van der Waals surface area contributed by atoms with Gasteiger partial charge < -0.3 is 5.32 Å². The van der Waals surface area contributed by atoms with Gasteiger partial charge in [0.05, 0.1) is 0 Å². The second kappa shape index (κ2) is 4.58. The van der Waals surface area contributed by atoms with Gasteiger partial charge in [-0.1, -0.05) is 0 Å². The van der Waals surface area contributed by atoms with Crippen molar-refractivity contribution in [3.8, 4) is 0 Å². The summed E-state index contributed by atoms with van der Waals surface area (Å²) < 4.78 is 63.1. The third kappa shape index (κ3) is 2.38. The SMILES string of the molecule is CNC(c1sccc1Br)C(F)(F)C(F)(F)F. The van der Waals surface area contributed by atoms with E-state index in [-0.39, 0.29) is 9.35 Å². The van der Waals surface area contributed by atoms with Gasteiger partial charge in [-0.3, -0.25) is 0 Å². The molecule has 0 fully saturated rings. The summed E-state index contributed by atoms with van der Waals surface area (Å²) in [6.45, 7) is 0. The zero-order valence-electron chi connectivity index (χ0n) is 7.91. The monoisotopic (exact) mass is 323 g/mol. The molecule has 1 aromatic rings. The van der Waals surface area contributed by atoms with Gasteiger partial charge in [-0.25, -0.2) is 0 Å². The summed E-state index contributed by atoms with van der Waals surface area (Å²) in [4.78, 5) is -0.0789. The maximum absolute atomic E-state index is 13.1. The molecule has 8 heteroatoms. The molecule has 1 rings (SSSR count). The lowest BCUT2D eigenvalue weighted by atomic mass is 10.1. The molecule has 1 heterocycles. The molecule has 0 saturated carbocycles. The van der Waals surface area contributed by atoms with Crippen LogP contribution in [0.1, 0.15) is 10.9 Å². The van der Waals surface area contributed by atoms with Crippen LogP contribution in [0.5, 0.6) is 0 Å². The number of nitrogens with one attached hydrogen (secondary N) is 1. The second-order valence-corrected chi connectivity index (χ2v) is 4.78. The highest BCUT2D eigenvalue weighted by Gasteiger charge is 2.63. The van der Waals surface area contributed by atoms with Crippen molar-refractivity contribution >= 4 is 27.3 Å². The number of hydrogen-bond acceptors (Lipinski definition) is 2. The topological polar surface area (TPSA) is 12.0 Å². The minimum atomic E-state index is -5.58. The molecule has 1 atom stereocenters. The smallest absolute Gasteiger partial charge is 0.307 e. The summed E-state index contributed by atoms with van der Waals surface area (Å²) in [6.07, 6.45) is -5.58. The van der Waals surface area contributed by atoms with Gasteiger partial charge in [0.25, 0.3) is 0 Å². The van der Waals surface area contributed by atoms with Gasteiger partial charge in [-0.2, -0.15) is 22.0 Å². The summed E-state index contributed by atoms with van der Waals surface area (Å²) in [5.74, 6) is -4.81. The maximum Gasteiger partial charge on any atom is 0.455 e. The molecule has 1 N–H and O–H groups in total. The Kier molecular flexibility index (Phi) is 3.96. The summed E-state index contributed by atoms with van der Waals surface area (Å²) in [6, 6.07) is -0.654. The highest BCUT2D eigenvalue weighted by atomic mass is 79.9. The van der Waals surface area contributed by atoms with Crippen molar-refractivity contribution in [2.75, 3.05) is 7.05 Å². The Morgan fingerprint density at radius 3 is 2.19 bits per heavy atom. The normalized spacial score (nSPS) is 15.2. The van der Waals surface area contributed by atoms with Crippen LogP contribution >= 0.6 is 27.3 Å². The first kappa shape index (κ1) is 13.9. The molecular formula is C8H7BrF5NS. The van der Waals surface area contributed by atoms with Crippen molar-refractivity contribution in [3.05, 3.63) is 20.8 Å². The molecule has 16 heavy (non-hydrogen) atoms. The van der Waals surface area contributed by atoms with Crippen LogP contribution in [-0.2, 0) is 0 Å². The lowest BCUT2D eigenvalue weighted by molar-refractivity contribution is -0.293. The van der Waals surface area contributed by atoms with Crippen LogP contribution in [0.2, 0.25) is 0 Å². The largest absolute Gasteiger partial charge is 0.455 e. The Morgan fingerprint density at radius 2 is 1.88 bits per heavy atom. The molecule has 1 aromatic heterocycles. The predicted molar refractivity (Wildman–Crippen MR) is 54.8 cm³/mol. The van der Waals surface area contributed by atoms with Gasteiger partial charge in [0, 0.05) is 9.35 Å². The van der Waals surface area contributed by atoms with E-state index in [0.717, 1.165) is 18.4 Å². The first-order chi connectivity index (χ1) is 7.21. The molecule has 92 valence electrons. The third-order valence-corrected chi connectivity index (χ3v) is 3.87. The Morgan fingerprint density at radius 1 is 1.31 bits per heavy atom. The Labute approximate surface area is 101 Å². The van der Waals surface area contributed by atoms with Crippen molar-refractivity contribution in [1.29, 1.82) is 0 Å². The first-order valence-electron chi connectivity index (χ1n) is 4.06. The fourth-order valence-corrected chi connectivity index (χ4v) is 2.90. The Bertz CT molecular complexity index is 362. The van der Waals surface area contributed by atoms with Crippen LogP contribution in [-0.4, -0.2) is 19.1 Å². The molecule has 1 unspecified atom stereocenters. The predicted octanol–water partition coefficient (Wildman–Crippen LogP) is 3.97. The number of alkyl halides is 5. The number of hydrogen-bond donors (Lipinski definition) is 1. The molecular weight excluding hydrogens is 317 g/mol. The zero-order chi connectivity index (χ0) is 12.6. The minimum absolute atomic E-state index is 0.0789. The summed E-state index contributed by atoms with van der Waals surface area (Å²) in [7, 11) is 1.07. The molecule has 0 aliphatic rings. The van der Waals surface area contributed by atoms with E-state index >= 15 is 0 Å². The van der Waals surface area contributed by atoms with E-state index in [0.29, 0.717) is 0 Å². The molecule has 0 aliphatic heterocycles. The highest BCUT2D eigenvalue weighted by molar-refractivity contribution is 9.10. The van der Waals surface area contributed by atoms with E-state index in [9.17, 15) is 22.0 Å². The van der Waals surface area contributed by atoms with E-state index in [2.05, 4.69) is 15.9 Å². The average molecular weight is 324 g/mol. The van der Waals surface area contributed by atoms with Gasteiger partial charge in [-0.15, -0.1) is 11.3 Å². The van der Waals surface area contributed by atoms with Crippen molar-refractivity contribution in [3.63, 3.8) is 0 Å². The van der Waals surface area contributed by atoms with Gasteiger partial charge in [-0.05, 0) is 34.4 Å². The molecule has 0 amide bonds. The van der Waals surface area contributed by atoms with Crippen molar-refractivity contribution in [2.24, 2.45) is 0 Å². The van der Waals surface area contributed by atoms with Crippen molar-refractivity contribution < 1.29 is 22.0 Å². The van der Waals surface area contributed by atoms with Crippen LogP contribution in [0.3, 0.4) is 0 Å². The van der Waals surface area contributed by atoms with E-state index in [4.69, 9.17) is 0 Å². The van der Waals surface area contributed by atoms with Crippen molar-refractivity contribution in [1.82, 2.24) is 5.32 Å². The molecule has 0 aliphatic carbocycles. The Hall–Kier alpha value is -0.210. The lowest BCUT2D eigenvalue weighted by Crippen LogP contribution is -2.46. The van der Waals surface area contributed by atoms with E-state index in [1.165, 1.54) is 11.4 Å². The quantitative estimate of drug-likeness (QED) is 0.830. The van der Waals surface area contributed by atoms with Gasteiger partial charge >= 0.3 is 12.1 Å². The standard InChI is InChI=1S/C8H7BrF5NS/c1-15-6(5-4(9)2-3-16-5)7(10,11)8(12,13)14/h2-3,6,15H,1H3. The van der Waals surface area contributed by atoms with Gasteiger partial charge in [0.15, 0.2) is 0 Å². The number of thiophene rings is 1. The second-order valence-electron chi connectivity index (χ2n) is 2.98. The van der Waals surface area contributed by atoms with Crippen LogP contribution in [0.4, 0.5) is 22.0 Å².